The summed E-state index contributed by atoms with van der Waals surface area (Å²) < 4.78 is 9.99. The molecule has 0 bridgehead atoms. The number of esters is 1. The zero-order valence-electron chi connectivity index (χ0n) is 7.23. The van der Waals surface area contributed by atoms with Crippen LogP contribution in [0.4, 0.5) is 0 Å². The Labute approximate surface area is 75.2 Å². The zero-order valence-corrected chi connectivity index (χ0v) is 7.23. The van der Waals surface area contributed by atoms with E-state index >= 15 is 0 Å². The first-order valence-electron chi connectivity index (χ1n) is 4.61. The molecule has 0 aromatic carbocycles. The number of hydrogen-bond acceptors (Lipinski definition) is 4. The molecule has 5 unspecified atom stereocenters. The van der Waals surface area contributed by atoms with Crippen LogP contribution in [0.15, 0.2) is 0 Å². The van der Waals surface area contributed by atoms with Crippen molar-refractivity contribution in [1.82, 2.24) is 0 Å². The van der Waals surface area contributed by atoms with E-state index in [0.29, 0.717) is 6.61 Å². The molecule has 0 amide bonds. The second-order valence-corrected chi connectivity index (χ2v) is 3.80. The predicted molar refractivity (Wildman–Crippen MR) is 40.8 cm³/mol. The predicted octanol–water partition coefficient (Wildman–Crippen LogP) is -0.238. The quantitative estimate of drug-likeness (QED) is 0.437. The lowest BCUT2D eigenvalue weighted by atomic mass is 10.1. The van der Waals surface area contributed by atoms with E-state index in [1.807, 2.05) is 0 Å². The van der Waals surface area contributed by atoms with E-state index in [2.05, 4.69) is 0 Å². The van der Waals surface area contributed by atoms with Gasteiger partial charge in [-0.15, -0.1) is 0 Å². The van der Waals surface area contributed by atoms with E-state index < -0.39 is 0 Å². The third-order valence-corrected chi connectivity index (χ3v) is 3.15. The van der Waals surface area contributed by atoms with Crippen LogP contribution in [0.3, 0.4) is 0 Å². The van der Waals surface area contributed by atoms with E-state index in [0.717, 1.165) is 0 Å². The molecule has 3 aliphatic rings. The normalized spacial score (nSPS) is 49.6. The molecular formula is C9H10O4. The van der Waals surface area contributed by atoms with Crippen LogP contribution in [-0.4, -0.2) is 30.6 Å². The zero-order chi connectivity index (χ0) is 9.16. The Hall–Kier alpha value is -0.900. The lowest BCUT2D eigenvalue weighted by Crippen LogP contribution is -2.16. The number of epoxide rings is 1. The summed E-state index contributed by atoms with van der Waals surface area (Å²) in [6, 6.07) is 0. The van der Waals surface area contributed by atoms with Gasteiger partial charge in [0, 0.05) is 11.8 Å². The molecule has 5 atom stereocenters. The first kappa shape index (κ1) is 7.50. The van der Waals surface area contributed by atoms with Crippen molar-refractivity contribution in [1.29, 1.82) is 0 Å². The number of Topliss-reactive ketones (excluding diaryl/α,β-unsaturated/α-hetero) is 1. The molecule has 2 aliphatic carbocycles. The summed E-state index contributed by atoms with van der Waals surface area (Å²) in [7, 11) is 0. The van der Waals surface area contributed by atoms with Crippen LogP contribution in [0.2, 0.25) is 0 Å². The van der Waals surface area contributed by atoms with Gasteiger partial charge in [0.1, 0.15) is 6.10 Å². The Morgan fingerprint density at radius 3 is 2.92 bits per heavy atom. The summed E-state index contributed by atoms with van der Waals surface area (Å²) in [4.78, 5) is 22.7. The molecule has 1 aliphatic heterocycles. The molecule has 3 rings (SSSR count). The van der Waals surface area contributed by atoms with Gasteiger partial charge in [-0.3, -0.25) is 9.59 Å². The number of carbonyl (C=O) groups excluding carboxylic acids is 2. The second-order valence-electron chi connectivity index (χ2n) is 3.80. The molecule has 2 saturated carbocycles. The molecular weight excluding hydrogens is 172 g/mol. The number of ether oxygens (including phenoxy) is 2. The smallest absolute Gasteiger partial charge is 0.310 e. The Kier molecular flexibility index (Phi) is 1.22. The van der Waals surface area contributed by atoms with Crippen LogP contribution in [0.5, 0.6) is 0 Å². The van der Waals surface area contributed by atoms with Gasteiger partial charge >= 0.3 is 5.97 Å². The van der Waals surface area contributed by atoms with E-state index in [1.54, 1.807) is 6.92 Å². The van der Waals surface area contributed by atoms with Crippen LogP contribution in [0.25, 0.3) is 0 Å². The maximum atomic E-state index is 11.4. The van der Waals surface area contributed by atoms with Crippen LogP contribution in [0, 0.1) is 17.8 Å². The highest BCUT2D eigenvalue weighted by atomic mass is 16.6. The van der Waals surface area contributed by atoms with Crippen molar-refractivity contribution in [3.63, 3.8) is 0 Å². The highest BCUT2D eigenvalue weighted by Gasteiger charge is 2.77. The van der Waals surface area contributed by atoms with Crippen LogP contribution in [-0.2, 0) is 19.1 Å². The van der Waals surface area contributed by atoms with Crippen molar-refractivity contribution >= 4 is 11.8 Å². The minimum atomic E-state index is -0.222. The third-order valence-electron chi connectivity index (χ3n) is 3.15. The average molecular weight is 182 g/mol. The summed E-state index contributed by atoms with van der Waals surface area (Å²) in [5.74, 6) is -0.205. The number of rotatable bonds is 2. The Morgan fingerprint density at radius 1 is 1.62 bits per heavy atom. The van der Waals surface area contributed by atoms with Crippen LogP contribution in [0.1, 0.15) is 6.92 Å². The molecule has 1 saturated heterocycles. The molecule has 1 heterocycles. The first-order valence-corrected chi connectivity index (χ1v) is 4.61. The van der Waals surface area contributed by atoms with E-state index in [9.17, 15) is 9.59 Å². The average Bonchev–Trinajstić information content (AvgIpc) is 2.96. The van der Waals surface area contributed by atoms with Gasteiger partial charge in [-0.05, 0) is 6.92 Å². The van der Waals surface area contributed by atoms with Gasteiger partial charge in [0.15, 0.2) is 5.78 Å². The minimum Gasteiger partial charge on any atom is -0.466 e. The van der Waals surface area contributed by atoms with Gasteiger partial charge in [0.05, 0.1) is 18.6 Å². The summed E-state index contributed by atoms with van der Waals surface area (Å²) in [6.45, 7) is 2.16. The molecule has 0 radical (unpaired) electrons. The van der Waals surface area contributed by atoms with Crippen LogP contribution < -0.4 is 0 Å². The third kappa shape index (κ3) is 0.790. The van der Waals surface area contributed by atoms with Crippen molar-refractivity contribution in [2.45, 2.75) is 19.1 Å². The van der Waals surface area contributed by atoms with E-state index in [-0.39, 0.29) is 41.7 Å². The maximum absolute atomic E-state index is 11.4. The van der Waals surface area contributed by atoms with Gasteiger partial charge in [0.2, 0.25) is 0 Å². The largest absolute Gasteiger partial charge is 0.466 e. The molecule has 0 spiro atoms. The lowest BCUT2D eigenvalue weighted by molar-refractivity contribution is -0.146. The van der Waals surface area contributed by atoms with Crippen molar-refractivity contribution in [3.8, 4) is 0 Å². The molecule has 0 aromatic rings. The SMILES string of the molecule is CCOC(=O)C1C2C(=O)C3OC3C12. The Bertz CT molecular complexity index is 298. The number of hydrogen-bond donors (Lipinski definition) is 0. The van der Waals surface area contributed by atoms with E-state index in [1.165, 1.54) is 0 Å². The van der Waals surface area contributed by atoms with Gasteiger partial charge in [-0.2, -0.15) is 0 Å². The second kappa shape index (κ2) is 2.12. The number of fused-ring (bicyclic) bond motifs is 3. The number of ketones is 1. The molecule has 3 fully saturated rings. The molecule has 0 aromatic heterocycles. The summed E-state index contributed by atoms with van der Waals surface area (Å²) in [5, 5.41) is 0. The molecule has 4 nitrogen and oxygen atoms in total. The maximum Gasteiger partial charge on any atom is 0.310 e. The summed E-state index contributed by atoms with van der Waals surface area (Å²) in [6.07, 6.45) is -0.118. The fourth-order valence-corrected chi connectivity index (χ4v) is 2.49. The van der Waals surface area contributed by atoms with Gasteiger partial charge in [0.25, 0.3) is 0 Å². The fraction of sp³-hybridized carbons (Fsp3) is 0.778. The first-order chi connectivity index (χ1) is 6.25. The Balaban J connectivity index is 1.72. The van der Waals surface area contributed by atoms with Crippen LogP contribution >= 0.6 is 0 Å². The lowest BCUT2D eigenvalue weighted by Gasteiger charge is -2.00. The highest BCUT2D eigenvalue weighted by Crippen LogP contribution is 2.63. The van der Waals surface area contributed by atoms with Crippen molar-refractivity contribution < 1.29 is 19.1 Å². The van der Waals surface area contributed by atoms with Crippen molar-refractivity contribution in [2.24, 2.45) is 17.8 Å². The standard InChI is InChI=1S/C9H10O4/c1-2-12-9(11)5-3-4(5)7-8(13-7)6(3)10/h3-5,7-8H,2H2,1H3. The Morgan fingerprint density at radius 2 is 2.38 bits per heavy atom. The van der Waals surface area contributed by atoms with Gasteiger partial charge in [-0.25, -0.2) is 0 Å². The molecule has 4 heteroatoms. The molecule has 70 valence electrons. The molecule has 13 heavy (non-hydrogen) atoms. The van der Waals surface area contributed by atoms with Gasteiger partial charge in [-0.1, -0.05) is 0 Å². The fourth-order valence-electron chi connectivity index (χ4n) is 2.49. The summed E-state index contributed by atoms with van der Waals surface area (Å²) in [5.41, 5.74) is 0. The topological polar surface area (TPSA) is 55.9 Å². The van der Waals surface area contributed by atoms with E-state index in [4.69, 9.17) is 9.47 Å². The monoisotopic (exact) mass is 182 g/mol. The minimum absolute atomic E-state index is 0.0481. The molecule has 0 N–H and O–H groups in total. The summed E-state index contributed by atoms with van der Waals surface area (Å²) >= 11 is 0. The highest BCUT2D eigenvalue weighted by molar-refractivity contribution is 6.00. The van der Waals surface area contributed by atoms with Crippen molar-refractivity contribution in [3.05, 3.63) is 0 Å². The van der Waals surface area contributed by atoms with Gasteiger partial charge < -0.3 is 9.47 Å². The number of carbonyl (C=O) groups is 2. The van der Waals surface area contributed by atoms with Crippen molar-refractivity contribution in [2.75, 3.05) is 6.61 Å².